The molecular weight excluding hydrogens is 397 g/mol. The van der Waals surface area contributed by atoms with E-state index in [0.29, 0.717) is 17.8 Å². The van der Waals surface area contributed by atoms with Crippen molar-refractivity contribution in [3.8, 4) is 6.07 Å². The van der Waals surface area contributed by atoms with Crippen molar-refractivity contribution in [2.24, 2.45) is 59.2 Å². The maximum absolute atomic E-state index is 9.48. The summed E-state index contributed by atoms with van der Waals surface area (Å²) in [5.41, 5.74) is 0. The van der Waals surface area contributed by atoms with Gasteiger partial charge >= 0.3 is 0 Å². The van der Waals surface area contributed by atoms with E-state index >= 15 is 0 Å². The highest BCUT2D eigenvalue weighted by Crippen LogP contribution is 2.47. The normalized spacial score (nSPS) is 44.1. The molecule has 189 valence electrons. The highest BCUT2D eigenvalue weighted by Gasteiger charge is 2.38. The molecule has 2 unspecified atom stereocenters. The number of nitrogens with zero attached hydrogens (tertiary/aromatic N) is 1. The van der Waals surface area contributed by atoms with Crippen LogP contribution < -0.4 is 0 Å². The van der Waals surface area contributed by atoms with Crippen LogP contribution in [-0.2, 0) is 0 Å². The molecule has 3 radical (unpaired) electrons. The van der Waals surface area contributed by atoms with E-state index in [1.165, 1.54) is 64.2 Å². The summed E-state index contributed by atoms with van der Waals surface area (Å²) in [6.07, 6.45) is 24.0. The van der Waals surface area contributed by atoms with Crippen LogP contribution in [0.2, 0.25) is 0 Å². The number of hydrogen-bond acceptors (Lipinski definition) is 1. The van der Waals surface area contributed by atoms with Gasteiger partial charge in [0, 0.05) is 9.84 Å². The van der Waals surface area contributed by atoms with Gasteiger partial charge in [-0.1, -0.05) is 92.4 Å². The van der Waals surface area contributed by atoms with E-state index in [2.05, 4.69) is 26.8 Å². The number of rotatable bonds is 5. The molecule has 2 heteroatoms. The molecular formula is C31H57BN. The van der Waals surface area contributed by atoms with Gasteiger partial charge in [-0.2, -0.15) is 5.26 Å². The minimum Gasteiger partial charge on any atom is -0.198 e. The van der Waals surface area contributed by atoms with Gasteiger partial charge in [-0.05, 0) is 91.8 Å². The zero-order valence-electron chi connectivity index (χ0n) is 21.6. The van der Waals surface area contributed by atoms with Crippen LogP contribution in [0.4, 0.5) is 0 Å². The first-order valence-electron chi connectivity index (χ1n) is 14.4. The smallest absolute Gasteiger partial charge is 0.0661 e. The molecule has 0 bridgehead atoms. The molecule has 0 saturated heterocycles. The van der Waals surface area contributed by atoms with Crippen LogP contribution in [0.15, 0.2) is 0 Å². The topological polar surface area (TPSA) is 23.8 Å². The fourth-order valence-electron chi connectivity index (χ4n) is 8.65. The Hall–Kier alpha value is -0.445. The first kappa shape index (κ1) is 28.8. The Balaban J connectivity index is 0.00000193. The van der Waals surface area contributed by atoms with Gasteiger partial charge in [0.15, 0.2) is 0 Å². The van der Waals surface area contributed by atoms with Gasteiger partial charge in [0.25, 0.3) is 0 Å². The Kier molecular flexibility index (Phi) is 11.9. The van der Waals surface area contributed by atoms with Crippen molar-refractivity contribution < 1.29 is 1.43 Å². The molecule has 4 aliphatic carbocycles. The molecule has 0 heterocycles. The van der Waals surface area contributed by atoms with Crippen molar-refractivity contribution in [3.05, 3.63) is 0 Å². The Morgan fingerprint density at radius 2 is 0.970 bits per heavy atom. The van der Waals surface area contributed by atoms with E-state index in [9.17, 15) is 5.26 Å². The van der Waals surface area contributed by atoms with Crippen LogP contribution in [0.1, 0.15) is 132 Å². The predicted octanol–water partition coefficient (Wildman–Crippen LogP) is 9.53. The van der Waals surface area contributed by atoms with Crippen LogP contribution >= 0.6 is 0 Å². The summed E-state index contributed by atoms with van der Waals surface area (Å²) in [6, 6.07) is 2.61. The van der Waals surface area contributed by atoms with Crippen LogP contribution in [0, 0.1) is 70.5 Å². The molecule has 0 aromatic carbocycles. The van der Waals surface area contributed by atoms with Gasteiger partial charge in [-0.25, -0.2) is 0 Å². The lowest BCUT2D eigenvalue weighted by Gasteiger charge is -2.42. The quantitative estimate of drug-likeness (QED) is 0.379. The first-order valence-corrected chi connectivity index (χ1v) is 14.4. The van der Waals surface area contributed by atoms with Crippen molar-refractivity contribution in [2.75, 3.05) is 0 Å². The molecule has 33 heavy (non-hydrogen) atoms. The van der Waals surface area contributed by atoms with Gasteiger partial charge in [-0.15, -0.1) is 0 Å². The molecule has 4 rings (SSSR count). The van der Waals surface area contributed by atoms with E-state index in [1.54, 1.807) is 38.5 Å². The molecule has 4 aliphatic rings. The van der Waals surface area contributed by atoms with Gasteiger partial charge in [0.1, 0.15) is 0 Å². The Morgan fingerprint density at radius 1 is 0.606 bits per heavy atom. The summed E-state index contributed by atoms with van der Waals surface area (Å²) in [7, 11) is 0. The van der Waals surface area contributed by atoms with Gasteiger partial charge in [-0.3, -0.25) is 0 Å². The monoisotopic (exact) mass is 455 g/mol. The largest absolute Gasteiger partial charge is 0.198 e. The Labute approximate surface area is 211 Å². The zero-order chi connectivity index (χ0) is 21.8. The average molecular weight is 456 g/mol. The van der Waals surface area contributed by atoms with Crippen LogP contribution in [0.5, 0.6) is 0 Å². The summed E-state index contributed by atoms with van der Waals surface area (Å²) in [5.74, 6) is 8.64. The van der Waals surface area contributed by atoms with Crippen molar-refractivity contribution in [1.82, 2.24) is 0 Å². The van der Waals surface area contributed by atoms with Gasteiger partial charge < -0.3 is 0 Å². The molecule has 0 spiro atoms. The molecule has 0 amide bonds. The zero-order valence-corrected chi connectivity index (χ0v) is 21.6. The minimum atomic E-state index is 0. The van der Waals surface area contributed by atoms with Crippen molar-refractivity contribution in [2.45, 2.75) is 131 Å². The van der Waals surface area contributed by atoms with E-state index in [4.69, 9.17) is 0 Å². The highest BCUT2D eigenvalue weighted by atomic mass is 14.4. The third-order valence-corrected chi connectivity index (χ3v) is 10.7. The fourth-order valence-corrected chi connectivity index (χ4v) is 8.65. The maximum Gasteiger partial charge on any atom is 0.0661 e. The van der Waals surface area contributed by atoms with Crippen molar-refractivity contribution in [3.63, 3.8) is 0 Å². The number of hydrogen-bond donors (Lipinski definition) is 0. The SMILES string of the molecule is C.CC1CCC(CC2CCC(CC3CCC(C4CC(C)C(C#N)C(C)C4)CC3)CC2)CC1.[2HH].[B]. The summed E-state index contributed by atoms with van der Waals surface area (Å²) in [4.78, 5) is 0. The summed E-state index contributed by atoms with van der Waals surface area (Å²) >= 11 is 0. The van der Waals surface area contributed by atoms with Gasteiger partial charge in [0.05, 0.1) is 12.0 Å². The lowest BCUT2D eigenvalue weighted by Crippen LogP contribution is -2.34. The van der Waals surface area contributed by atoms with Crippen molar-refractivity contribution >= 4 is 8.41 Å². The van der Waals surface area contributed by atoms with Crippen LogP contribution in [0.3, 0.4) is 0 Å². The third-order valence-electron chi connectivity index (χ3n) is 10.7. The molecule has 1 nitrogen and oxygen atoms in total. The van der Waals surface area contributed by atoms with E-state index < -0.39 is 0 Å². The molecule has 0 aromatic rings. The minimum absolute atomic E-state index is 0. The summed E-state index contributed by atoms with van der Waals surface area (Å²) < 4.78 is 0. The first-order chi connectivity index (χ1) is 15.0. The van der Waals surface area contributed by atoms with Gasteiger partial charge in [0.2, 0.25) is 0 Å². The van der Waals surface area contributed by atoms with E-state index in [1.807, 2.05) is 0 Å². The highest BCUT2D eigenvalue weighted by molar-refractivity contribution is 5.75. The van der Waals surface area contributed by atoms with Crippen LogP contribution in [-0.4, -0.2) is 8.41 Å². The van der Waals surface area contributed by atoms with E-state index in [-0.39, 0.29) is 17.3 Å². The standard InChI is InChI=1S/C30H51N.CH4.B.H2/c1-21-4-6-24(7-5-21)18-25-8-10-26(11-9-25)19-27-12-14-28(15-13-27)29-16-22(2)30(20-31)23(3)17-29;;;/h21-30H,4-19H2,1-3H3;1H4;;1H/i;;;1+1. The Morgan fingerprint density at radius 3 is 1.36 bits per heavy atom. The molecule has 0 aliphatic heterocycles. The second kappa shape index (κ2) is 13.6. The fraction of sp³-hybridized carbons (Fsp3) is 0.968. The second-order valence-corrected chi connectivity index (χ2v) is 13.1. The number of nitriles is 1. The van der Waals surface area contributed by atoms with Crippen molar-refractivity contribution in [1.29, 1.82) is 5.26 Å². The summed E-state index contributed by atoms with van der Waals surface area (Å²) in [5, 5.41) is 9.48. The molecule has 0 aromatic heterocycles. The summed E-state index contributed by atoms with van der Waals surface area (Å²) in [6.45, 7) is 7.13. The Bertz CT molecular complexity index is 567. The molecule has 0 N–H and O–H groups in total. The molecule has 4 saturated carbocycles. The molecule has 4 fully saturated rings. The lowest BCUT2D eigenvalue weighted by molar-refractivity contribution is 0.0862. The molecule has 2 atom stereocenters. The maximum atomic E-state index is 9.48. The average Bonchev–Trinajstić information content (AvgIpc) is 2.77. The second-order valence-electron chi connectivity index (χ2n) is 13.1. The predicted molar refractivity (Wildman–Crippen MR) is 146 cm³/mol. The third kappa shape index (κ3) is 7.77. The van der Waals surface area contributed by atoms with E-state index in [0.717, 1.165) is 41.4 Å². The van der Waals surface area contributed by atoms with Crippen LogP contribution in [0.25, 0.3) is 0 Å². The lowest BCUT2D eigenvalue weighted by atomic mass is 9.62.